The van der Waals surface area contributed by atoms with Crippen LogP contribution in [0.4, 0.5) is 8.78 Å². The molecule has 0 spiro atoms. The molecular weight excluding hydrogens is 406 g/mol. The smallest absolute Gasteiger partial charge is 0.261 e. The minimum atomic E-state index is -2.57. The van der Waals surface area contributed by atoms with Gasteiger partial charge in [0, 0.05) is 36.5 Å². The Bertz CT molecular complexity index is 1120. The Labute approximate surface area is 179 Å². The summed E-state index contributed by atoms with van der Waals surface area (Å²) in [5, 5.41) is 0.214. The Kier molecular flexibility index (Phi) is 5.51. The van der Waals surface area contributed by atoms with Gasteiger partial charge >= 0.3 is 0 Å². The molecule has 1 saturated heterocycles. The summed E-state index contributed by atoms with van der Waals surface area (Å²) in [5.74, 6) is -2.57. The summed E-state index contributed by atoms with van der Waals surface area (Å²) in [7, 11) is 0. The van der Waals surface area contributed by atoms with Crippen LogP contribution in [-0.2, 0) is 6.54 Å². The molecule has 1 fully saturated rings. The average Bonchev–Trinajstić information content (AvgIpc) is 3.06. The Balaban J connectivity index is 1.52. The lowest BCUT2D eigenvalue weighted by molar-refractivity contribution is 0.0115. The van der Waals surface area contributed by atoms with Gasteiger partial charge in [-0.2, -0.15) is 0 Å². The molecule has 1 N–H and O–H groups in total. The monoisotopic (exact) mass is 428 g/mol. The second kappa shape index (κ2) is 7.97. The molecule has 0 saturated carbocycles. The summed E-state index contributed by atoms with van der Waals surface area (Å²) >= 11 is 6.13. The van der Waals surface area contributed by atoms with Gasteiger partial charge in [0.1, 0.15) is 5.02 Å². The van der Waals surface area contributed by atoms with Gasteiger partial charge in [0.25, 0.3) is 5.92 Å². The highest BCUT2D eigenvalue weighted by molar-refractivity contribution is 6.31. The van der Waals surface area contributed by atoms with Crippen LogP contribution < -0.4 is 5.43 Å². The number of nitrogens with one attached hydrogen (secondary N) is 1. The molecule has 2 aromatic carbocycles. The summed E-state index contributed by atoms with van der Waals surface area (Å²) in [6, 6.07) is 15.7. The van der Waals surface area contributed by atoms with Crippen molar-refractivity contribution in [2.45, 2.75) is 32.7 Å². The molecule has 0 atom stereocenters. The molecule has 30 heavy (non-hydrogen) atoms. The Hall–Kier alpha value is -2.50. The molecule has 6 heteroatoms. The summed E-state index contributed by atoms with van der Waals surface area (Å²) in [6.07, 6.45) is -0.0636. The predicted molar refractivity (Wildman–Crippen MR) is 117 cm³/mol. The fraction of sp³-hybridized carbons (Fsp3) is 0.292. The van der Waals surface area contributed by atoms with Gasteiger partial charge < -0.3 is 4.98 Å². The number of aromatic amines is 1. The van der Waals surface area contributed by atoms with Crippen LogP contribution in [0.3, 0.4) is 0 Å². The molecule has 3 nitrogen and oxygen atoms in total. The lowest BCUT2D eigenvalue weighted by Crippen LogP contribution is -2.24. The van der Waals surface area contributed by atoms with E-state index in [1.54, 1.807) is 11.8 Å². The number of benzene rings is 2. The SMILES string of the molecule is Cc1[nH]c(C)c(-c2ccc(-c3ccc(CN4CCC(F)(F)C4)cc3)cc2)c(=O)c1Cl. The Morgan fingerprint density at radius 3 is 2.10 bits per heavy atom. The molecule has 0 bridgehead atoms. The Morgan fingerprint density at radius 2 is 1.53 bits per heavy atom. The molecule has 4 rings (SSSR count). The first-order valence-electron chi connectivity index (χ1n) is 9.92. The number of halogens is 3. The van der Waals surface area contributed by atoms with Crippen molar-refractivity contribution in [2.75, 3.05) is 13.1 Å². The maximum Gasteiger partial charge on any atom is 0.261 e. The number of nitrogens with zero attached hydrogens (tertiary/aromatic N) is 1. The van der Waals surface area contributed by atoms with Crippen molar-refractivity contribution in [3.05, 3.63) is 80.7 Å². The first-order valence-corrected chi connectivity index (χ1v) is 10.3. The van der Waals surface area contributed by atoms with Gasteiger partial charge in [-0.05, 0) is 36.1 Å². The lowest BCUT2D eigenvalue weighted by Gasteiger charge is -2.15. The van der Waals surface area contributed by atoms with E-state index in [4.69, 9.17) is 11.6 Å². The number of hydrogen-bond donors (Lipinski definition) is 1. The second-order valence-corrected chi connectivity index (χ2v) is 8.36. The minimum Gasteiger partial charge on any atom is -0.361 e. The van der Waals surface area contributed by atoms with Gasteiger partial charge in [-0.15, -0.1) is 0 Å². The topological polar surface area (TPSA) is 36.1 Å². The third kappa shape index (κ3) is 4.18. The number of aromatic nitrogens is 1. The van der Waals surface area contributed by atoms with E-state index in [9.17, 15) is 13.6 Å². The third-order valence-corrected chi connectivity index (χ3v) is 6.08. The first-order chi connectivity index (χ1) is 14.2. The molecule has 1 aromatic heterocycles. The van der Waals surface area contributed by atoms with Gasteiger partial charge in [-0.25, -0.2) is 8.78 Å². The average molecular weight is 429 g/mol. The van der Waals surface area contributed by atoms with Crippen LogP contribution >= 0.6 is 11.6 Å². The molecule has 0 aliphatic carbocycles. The number of hydrogen-bond acceptors (Lipinski definition) is 2. The maximum atomic E-state index is 13.4. The van der Waals surface area contributed by atoms with E-state index in [0.717, 1.165) is 27.9 Å². The van der Waals surface area contributed by atoms with E-state index in [1.807, 2.05) is 55.5 Å². The van der Waals surface area contributed by atoms with E-state index in [-0.39, 0.29) is 23.4 Å². The lowest BCUT2D eigenvalue weighted by atomic mass is 9.98. The van der Waals surface area contributed by atoms with E-state index >= 15 is 0 Å². The van der Waals surface area contributed by atoms with Crippen molar-refractivity contribution in [3.8, 4) is 22.3 Å². The number of aryl methyl sites for hydroxylation is 2. The van der Waals surface area contributed by atoms with Crippen molar-refractivity contribution in [1.29, 1.82) is 0 Å². The standard InChI is InChI=1S/C24H23ClF2N2O/c1-15-21(23(30)22(25)16(2)28-15)20-9-7-19(8-10-20)18-5-3-17(4-6-18)13-29-12-11-24(26,27)14-29/h3-10H,11-14H2,1-2H3,(H,28,30). The summed E-state index contributed by atoms with van der Waals surface area (Å²) in [6.45, 7) is 4.44. The van der Waals surface area contributed by atoms with Gasteiger partial charge in [-0.3, -0.25) is 9.69 Å². The zero-order valence-corrected chi connectivity index (χ0v) is 17.7. The van der Waals surface area contributed by atoms with Crippen molar-refractivity contribution < 1.29 is 8.78 Å². The number of likely N-dealkylation sites (tertiary alicyclic amines) is 1. The molecule has 1 aliphatic heterocycles. The highest BCUT2D eigenvalue weighted by Gasteiger charge is 2.37. The van der Waals surface area contributed by atoms with E-state index in [2.05, 4.69) is 4.98 Å². The molecule has 0 unspecified atom stereocenters. The van der Waals surface area contributed by atoms with Gasteiger partial charge in [0.05, 0.1) is 6.54 Å². The molecule has 156 valence electrons. The predicted octanol–water partition coefficient (Wildman–Crippen LogP) is 5.82. The van der Waals surface area contributed by atoms with Crippen LogP contribution in [0.15, 0.2) is 53.3 Å². The molecule has 3 aromatic rings. The molecular formula is C24H23ClF2N2O. The van der Waals surface area contributed by atoms with Crippen LogP contribution in [0.25, 0.3) is 22.3 Å². The van der Waals surface area contributed by atoms with Crippen LogP contribution in [-0.4, -0.2) is 28.9 Å². The van der Waals surface area contributed by atoms with Crippen LogP contribution in [0, 0.1) is 13.8 Å². The highest BCUT2D eigenvalue weighted by Crippen LogP contribution is 2.29. The van der Waals surface area contributed by atoms with Crippen LogP contribution in [0.1, 0.15) is 23.4 Å². The minimum absolute atomic E-state index is 0.0636. The molecule has 0 radical (unpaired) electrons. The summed E-state index contributed by atoms with van der Waals surface area (Å²) in [4.78, 5) is 17.5. The largest absolute Gasteiger partial charge is 0.361 e. The van der Waals surface area contributed by atoms with Crippen molar-refractivity contribution in [3.63, 3.8) is 0 Å². The van der Waals surface area contributed by atoms with Crippen molar-refractivity contribution >= 4 is 11.6 Å². The van der Waals surface area contributed by atoms with E-state index in [1.165, 1.54) is 0 Å². The van der Waals surface area contributed by atoms with Crippen molar-refractivity contribution in [1.82, 2.24) is 9.88 Å². The van der Waals surface area contributed by atoms with Gasteiger partial charge in [-0.1, -0.05) is 60.1 Å². The fourth-order valence-electron chi connectivity index (χ4n) is 4.03. The van der Waals surface area contributed by atoms with Gasteiger partial charge in [0.15, 0.2) is 0 Å². The second-order valence-electron chi connectivity index (χ2n) is 7.98. The number of alkyl halides is 2. The zero-order chi connectivity index (χ0) is 21.5. The number of rotatable bonds is 4. The Morgan fingerprint density at radius 1 is 0.967 bits per heavy atom. The van der Waals surface area contributed by atoms with E-state index in [0.29, 0.717) is 24.3 Å². The number of H-pyrrole nitrogens is 1. The first kappa shape index (κ1) is 20.8. The highest BCUT2D eigenvalue weighted by atomic mass is 35.5. The molecule has 2 heterocycles. The van der Waals surface area contributed by atoms with Crippen molar-refractivity contribution in [2.24, 2.45) is 0 Å². The quantitative estimate of drug-likeness (QED) is 0.568. The normalized spacial score (nSPS) is 16.2. The number of pyridine rings is 1. The zero-order valence-electron chi connectivity index (χ0n) is 16.9. The van der Waals surface area contributed by atoms with Crippen LogP contribution in [0.5, 0.6) is 0 Å². The fourth-order valence-corrected chi connectivity index (χ4v) is 4.17. The molecule has 0 amide bonds. The maximum absolute atomic E-state index is 13.4. The van der Waals surface area contributed by atoms with Crippen LogP contribution in [0.2, 0.25) is 5.02 Å². The third-order valence-electron chi connectivity index (χ3n) is 5.62. The summed E-state index contributed by atoms with van der Waals surface area (Å²) < 4.78 is 26.7. The summed E-state index contributed by atoms with van der Waals surface area (Å²) in [5.41, 5.74) is 5.74. The molecule has 1 aliphatic rings. The van der Waals surface area contributed by atoms with Gasteiger partial charge in [0.2, 0.25) is 5.43 Å². The van der Waals surface area contributed by atoms with E-state index < -0.39 is 5.92 Å².